The summed E-state index contributed by atoms with van der Waals surface area (Å²) >= 11 is 0. The van der Waals surface area contributed by atoms with Crippen molar-refractivity contribution in [3.8, 4) is 0 Å². The fourth-order valence-electron chi connectivity index (χ4n) is 0.655. The van der Waals surface area contributed by atoms with Gasteiger partial charge in [-0.05, 0) is 0 Å². The van der Waals surface area contributed by atoms with Gasteiger partial charge < -0.3 is 10.4 Å². The van der Waals surface area contributed by atoms with Gasteiger partial charge in [0, 0.05) is 13.0 Å². The van der Waals surface area contributed by atoms with Crippen molar-refractivity contribution in [3.05, 3.63) is 0 Å². The fraction of sp³-hybridized carbons (Fsp3) is 1.00. The average molecular weight is 88.1 g/mol. The number of hydrogen-bond acceptors (Lipinski definition) is 1. The summed E-state index contributed by atoms with van der Waals surface area (Å²) in [5, 5.41) is 10.2. The molecule has 0 amide bonds. The predicted octanol–water partition coefficient (Wildman–Crippen LogP) is -0.927. The van der Waals surface area contributed by atoms with Crippen LogP contribution in [0.4, 0.5) is 0 Å². The summed E-state index contributed by atoms with van der Waals surface area (Å²) in [5.74, 6) is 0. The summed E-state index contributed by atoms with van der Waals surface area (Å²) in [6.07, 6.45) is 1.23. The zero-order valence-corrected chi connectivity index (χ0v) is 3.70. The molecule has 1 saturated heterocycles. The van der Waals surface area contributed by atoms with Crippen LogP contribution < -0.4 is 5.32 Å². The molecule has 1 atom stereocenters. The van der Waals surface area contributed by atoms with Crippen molar-refractivity contribution in [1.82, 2.24) is 5.32 Å². The second-order valence-corrected chi connectivity index (χ2v) is 1.69. The van der Waals surface area contributed by atoms with Gasteiger partial charge in [-0.2, -0.15) is 0 Å². The van der Waals surface area contributed by atoms with E-state index in [4.69, 9.17) is 5.11 Å². The van der Waals surface area contributed by atoms with E-state index < -0.39 is 0 Å². The van der Waals surface area contributed by atoms with Crippen LogP contribution in [-0.4, -0.2) is 24.3 Å². The van der Waals surface area contributed by atoms with Gasteiger partial charge in [-0.25, -0.2) is 0 Å². The van der Waals surface area contributed by atoms with Crippen molar-refractivity contribution in [2.75, 3.05) is 13.1 Å². The molecule has 0 spiro atoms. The summed E-state index contributed by atoms with van der Waals surface area (Å²) in [6.45, 7) is 1.95. The van der Waals surface area contributed by atoms with E-state index in [2.05, 4.69) is 5.32 Å². The topological polar surface area (TPSA) is 34.9 Å². The molecule has 2 heteroatoms. The lowest BCUT2D eigenvalue weighted by Crippen LogP contribution is -2.11. The average Bonchev–Trinajstić information content (AvgIpc) is 1.86. The first-order valence-electron chi connectivity index (χ1n) is 2.31. The molecule has 0 aromatic rings. The van der Waals surface area contributed by atoms with Crippen molar-refractivity contribution in [2.45, 2.75) is 12.5 Å². The Labute approximate surface area is 37.2 Å². The summed E-state index contributed by atoms with van der Waals surface area (Å²) in [6, 6.07) is 0. The van der Waals surface area contributed by atoms with Crippen LogP contribution in [0.25, 0.3) is 0 Å². The highest BCUT2D eigenvalue weighted by Gasteiger charge is 2.12. The van der Waals surface area contributed by atoms with Crippen LogP contribution in [0.1, 0.15) is 6.42 Å². The molecule has 1 fully saturated rings. The Balaban J connectivity index is 2.18. The predicted molar refractivity (Wildman–Crippen MR) is 24.9 cm³/mol. The highest BCUT2D eigenvalue weighted by Crippen LogP contribution is 1.93. The second kappa shape index (κ2) is 1.58. The molecular weight excluding hydrogens is 78.0 g/mol. The van der Waals surface area contributed by atoms with Gasteiger partial charge in [-0.3, -0.25) is 0 Å². The third kappa shape index (κ3) is 0.698. The maximum absolute atomic E-state index is 7.07. The third-order valence-corrected chi connectivity index (χ3v) is 1.06. The molecule has 0 radical (unpaired) electrons. The minimum absolute atomic E-state index is 0.185. The van der Waals surface area contributed by atoms with Crippen molar-refractivity contribution >= 4 is 0 Å². The second-order valence-electron chi connectivity index (χ2n) is 1.69. The molecular formula is C4H10NO+. The molecule has 1 aliphatic heterocycles. The van der Waals surface area contributed by atoms with Gasteiger partial charge in [0.2, 0.25) is 0 Å². The highest BCUT2D eigenvalue weighted by molar-refractivity contribution is 4.67. The molecule has 1 aliphatic rings. The first-order valence-corrected chi connectivity index (χ1v) is 2.31. The molecule has 2 nitrogen and oxygen atoms in total. The van der Waals surface area contributed by atoms with Crippen molar-refractivity contribution in [3.63, 3.8) is 0 Å². The number of hydrogen-bond donors (Lipinski definition) is 1. The van der Waals surface area contributed by atoms with E-state index in [0.29, 0.717) is 0 Å². The van der Waals surface area contributed by atoms with Gasteiger partial charge in [0.1, 0.15) is 0 Å². The maximum atomic E-state index is 7.07. The van der Waals surface area contributed by atoms with E-state index in [9.17, 15) is 0 Å². The Morgan fingerprint density at radius 2 is 2.50 bits per heavy atom. The molecule has 0 bridgehead atoms. The highest BCUT2D eigenvalue weighted by atomic mass is 16.3. The molecule has 0 saturated carbocycles. The molecule has 0 aliphatic carbocycles. The Hall–Kier alpha value is -0.0800. The van der Waals surface area contributed by atoms with Gasteiger partial charge in [-0.1, -0.05) is 0 Å². The normalized spacial score (nSPS) is 34.5. The molecule has 1 heterocycles. The van der Waals surface area contributed by atoms with Crippen LogP contribution in [0.3, 0.4) is 0 Å². The smallest absolute Gasteiger partial charge is 0.167 e. The van der Waals surface area contributed by atoms with Crippen molar-refractivity contribution < 1.29 is 5.11 Å². The minimum atomic E-state index is 0.185. The Morgan fingerprint density at radius 1 is 1.67 bits per heavy atom. The van der Waals surface area contributed by atoms with Crippen LogP contribution in [0.2, 0.25) is 0 Å². The fourth-order valence-corrected chi connectivity index (χ4v) is 0.655. The van der Waals surface area contributed by atoms with Gasteiger partial charge >= 0.3 is 0 Å². The van der Waals surface area contributed by atoms with Crippen LogP contribution in [0.15, 0.2) is 0 Å². The number of rotatable bonds is 0. The third-order valence-electron chi connectivity index (χ3n) is 1.06. The number of nitrogens with one attached hydrogen (secondary N) is 1. The lowest BCUT2D eigenvalue weighted by molar-refractivity contribution is 0.196. The van der Waals surface area contributed by atoms with Gasteiger partial charge in [0.15, 0.2) is 6.10 Å². The lowest BCUT2D eigenvalue weighted by Gasteiger charge is -1.85. The van der Waals surface area contributed by atoms with Crippen molar-refractivity contribution in [1.29, 1.82) is 0 Å². The van der Waals surface area contributed by atoms with Gasteiger partial charge in [0.05, 0.1) is 6.54 Å². The monoisotopic (exact) mass is 88.1 g/mol. The van der Waals surface area contributed by atoms with Crippen molar-refractivity contribution in [2.24, 2.45) is 0 Å². The molecule has 6 heavy (non-hydrogen) atoms. The summed E-state index contributed by atoms with van der Waals surface area (Å²) in [5.41, 5.74) is 0. The largest absolute Gasteiger partial charge is 0.442 e. The Bertz CT molecular complexity index is 40.8. The van der Waals surface area contributed by atoms with E-state index in [1.807, 2.05) is 0 Å². The molecule has 0 aromatic carbocycles. The van der Waals surface area contributed by atoms with E-state index in [0.717, 1.165) is 19.5 Å². The first kappa shape index (κ1) is 4.09. The van der Waals surface area contributed by atoms with E-state index in [-0.39, 0.29) is 6.10 Å². The van der Waals surface area contributed by atoms with Crippen LogP contribution >= 0.6 is 0 Å². The van der Waals surface area contributed by atoms with E-state index >= 15 is 0 Å². The molecule has 0 aromatic heterocycles. The molecule has 36 valence electrons. The standard InChI is InChI=1S/C4H9NO/c6-4-1-2-5-3-4/h4-6H,1-3H2/p+1/t4-/m0/s1. The van der Waals surface area contributed by atoms with Gasteiger partial charge in [0.25, 0.3) is 0 Å². The molecule has 0 unspecified atom stereocenters. The van der Waals surface area contributed by atoms with Gasteiger partial charge in [-0.15, -0.1) is 0 Å². The first-order chi connectivity index (χ1) is 2.89. The van der Waals surface area contributed by atoms with E-state index in [1.165, 1.54) is 0 Å². The zero-order chi connectivity index (χ0) is 4.41. The SMILES string of the molecule is [OH2+][C@H]1CCNC1. The summed E-state index contributed by atoms with van der Waals surface area (Å²) < 4.78 is 0. The van der Waals surface area contributed by atoms with E-state index in [1.54, 1.807) is 0 Å². The molecule has 3 N–H and O–H groups in total. The van der Waals surface area contributed by atoms with Crippen LogP contribution in [-0.2, 0) is 0 Å². The lowest BCUT2D eigenvalue weighted by atomic mass is 10.3. The van der Waals surface area contributed by atoms with Crippen LogP contribution in [0.5, 0.6) is 0 Å². The Morgan fingerprint density at radius 3 is 2.67 bits per heavy atom. The Kier molecular flexibility index (Phi) is 1.08. The van der Waals surface area contributed by atoms with Crippen LogP contribution in [0, 0.1) is 0 Å². The quantitative estimate of drug-likeness (QED) is 0.381. The summed E-state index contributed by atoms with van der Waals surface area (Å²) in [7, 11) is 0. The zero-order valence-electron chi connectivity index (χ0n) is 3.70. The molecule has 1 rings (SSSR count). The maximum Gasteiger partial charge on any atom is 0.167 e. The minimum Gasteiger partial charge on any atom is -0.442 e. The summed E-state index contributed by atoms with van der Waals surface area (Å²) in [4.78, 5) is 0.